The number of esters is 2. The lowest BCUT2D eigenvalue weighted by Gasteiger charge is -2.63. The van der Waals surface area contributed by atoms with Crippen molar-refractivity contribution in [2.75, 3.05) is 6.61 Å². The first-order valence-corrected chi connectivity index (χ1v) is 12.7. The van der Waals surface area contributed by atoms with Crippen LogP contribution in [0.4, 0.5) is 8.78 Å². The smallest absolute Gasteiger partial charge is 0.306 e. The number of allylic oxidation sites excluding steroid dienone is 4. The zero-order chi connectivity index (χ0) is 26.7. The van der Waals surface area contributed by atoms with E-state index in [2.05, 4.69) is 0 Å². The molecule has 0 heterocycles. The minimum atomic E-state index is -2.30. The van der Waals surface area contributed by atoms with Crippen LogP contribution in [0.1, 0.15) is 66.2 Å². The van der Waals surface area contributed by atoms with Crippen molar-refractivity contribution in [3.63, 3.8) is 0 Å². The second-order valence-corrected chi connectivity index (χ2v) is 11.0. The number of ketones is 2. The van der Waals surface area contributed by atoms with E-state index in [-0.39, 0.29) is 44.1 Å². The van der Waals surface area contributed by atoms with E-state index in [1.165, 1.54) is 19.1 Å². The first-order chi connectivity index (χ1) is 16.8. The van der Waals surface area contributed by atoms with Gasteiger partial charge in [-0.2, -0.15) is 0 Å². The fourth-order valence-electron chi connectivity index (χ4n) is 7.51. The number of carbonyl (C=O) groups excluding carboxylic acids is 4. The van der Waals surface area contributed by atoms with Crippen molar-refractivity contribution < 1.29 is 42.5 Å². The number of carbonyl (C=O) groups is 4. The Morgan fingerprint density at radius 2 is 1.81 bits per heavy atom. The average molecular weight is 509 g/mol. The molecule has 36 heavy (non-hydrogen) atoms. The first kappa shape index (κ1) is 26.6. The molecule has 0 aromatic carbocycles. The molecule has 0 aliphatic heterocycles. The van der Waals surface area contributed by atoms with E-state index in [9.17, 15) is 24.3 Å². The van der Waals surface area contributed by atoms with E-state index in [0.717, 1.165) is 6.08 Å². The lowest BCUT2D eigenvalue weighted by atomic mass is 9.44. The van der Waals surface area contributed by atoms with Crippen LogP contribution in [0.15, 0.2) is 23.8 Å². The molecule has 4 rings (SSSR count). The molecule has 9 heteroatoms. The Kier molecular flexibility index (Phi) is 6.55. The lowest BCUT2D eigenvalue weighted by molar-refractivity contribution is -0.229. The van der Waals surface area contributed by atoms with Gasteiger partial charge in [-0.1, -0.05) is 26.8 Å². The van der Waals surface area contributed by atoms with Crippen LogP contribution in [-0.4, -0.2) is 58.8 Å². The summed E-state index contributed by atoms with van der Waals surface area (Å²) in [5.41, 5.74) is -6.80. The molecule has 4 aliphatic rings. The molecule has 0 aromatic rings. The molecule has 3 fully saturated rings. The van der Waals surface area contributed by atoms with Crippen LogP contribution in [0.2, 0.25) is 0 Å². The summed E-state index contributed by atoms with van der Waals surface area (Å²) in [6.45, 7) is 5.72. The fourth-order valence-corrected chi connectivity index (χ4v) is 7.51. The second kappa shape index (κ2) is 8.85. The third-order valence-electron chi connectivity index (χ3n) is 9.43. The van der Waals surface area contributed by atoms with Crippen LogP contribution in [0.5, 0.6) is 0 Å². The number of rotatable bonds is 6. The predicted molar refractivity (Wildman–Crippen MR) is 124 cm³/mol. The van der Waals surface area contributed by atoms with Gasteiger partial charge in [-0.25, -0.2) is 8.78 Å². The summed E-state index contributed by atoms with van der Waals surface area (Å²) in [6.07, 6.45) is 0.288. The van der Waals surface area contributed by atoms with E-state index < -0.39 is 76.3 Å². The van der Waals surface area contributed by atoms with Crippen molar-refractivity contribution in [1.82, 2.24) is 0 Å². The van der Waals surface area contributed by atoms with Gasteiger partial charge in [0.2, 0.25) is 5.78 Å². The molecule has 0 radical (unpaired) electrons. The van der Waals surface area contributed by atoms with Gasteiger partial charge in [-0.15, -0.1) is 0 Å². The third kappa shape index (κ3) is 3.45. The van der Waals surface area contributed by atoms with Crippen molar-refractivity contribution in [2.45, 2.75) is 89.8 Å². The van der Waals surface area contributed by atoms with Crippen molar-refractivity contribution >= 4 is 23.5 Å². The van der Waals surface area contributed by atoms with Crippen molar-refractivity contribution in [3.05, 3.63) is 23.8 Å². The monoisotopic (exact) mass is 508 g/mol. The number of hydrogen-bond donors (Lipinski definition) is 1. The summed E-state index contributed by atoms with van der Waals surface area (Å²) in [5.74, 6) is -3.90. The van der Waals surface area contributed by atoms with Crippen molar-refractivity contribution in [1.29, 1.82) is 0 Å². The molecule has 4 aliphatic carbocycles. The van der Waals surface area contributed by atoms with Gasteiger partial charge in [0, 0.05) is 29.6 Å². The normalized spacial score (nSPS) is 43.1. The molecule has 8 atom stereocenters. The highest BCUT2D eigenvalue weighted by Gasteiger charge is 2.76. The maximum Gasteiger partial charge on any atom is 0.306 e. The van der Waals surface area contributed by atoms with E-state index in [4.69, 9.17) is 9.47 Å². The number of aliphatic hydroxyl groups is 1. The molecule has 198 valence electrons. The SMILES string of the molecule is CCC(=O)OCC(=O)[C@@]1(OC(=O)CC)CCC2C3C[C@H](F)C4=CC(=O)C=CC4(C)[C@@]3(F)C(O)CC21C. The number of ether oxygens (including phenoxy) is 2. The van der Waals surface area contributed by atoms with Crippen LogP contribution < -0.4 is 0 Å². The molecule has 3 saturated carbocycles. The van der Waals surface area contributed by atoms with Crippen LogP contribution in [0.3, 0.4) is 0 Å². The lowest BCUT2D eigenvalue weighted by Crippen LogP contribution is -2.70. The largest absolute Gasteiger partial charge is 0.457 e. The second-order valence-electron chi connectivity index (χ2n) is 11.0. The van der Waals surface area contributed by atoms with Gasteiger partial charge in [0.1, 0.15) is 6.17 Å². The van der Waals surface area contributed by atoms with Gasteiger partial charge in [-0.3, -0.25) is 19.2 Å². The quantitative estimate of drug-likeness (QED) is 0.547. The van der Waals surface area contributed by atoms with Crippen LogP contribution in [-0.2, 0) is 28.7 Å². The van der Waals surface area contributed by atoms with Crippen LogP contribution in [0, 0.1) is 22.7 Å². The summed E-state index contributed by atoms with van der Waals surface area (Å²) in [7, 11) is 0. The van der Waals surface area contributed by atoms with Gasteiger partial charge in [0.25, 0.3) is 0 Å². The Morgan fingerprint density at radius 3 is 2.44 bits per heavy atom. The zero-order valence-corrected chi connectivity index (χ0v) is 21.1. The third-order valence-corrected chi connectivity index (χ3v) is 9.43. The summed E-state index contributed by atoms with van der Waals surface area (Å²) in [4.78, 5) is 49.8. The molecule has 0 aromatic heterocycles. The van der Waals surface area contributed by atoms with Crippen LogP contribution >= 0.6 is 0 Å². The Balaban J connectivity index is 1.79. The molecular weight excluding hydrogens is 474 g/mol. The first-order valence-electron chi connectivity index (χ1n) is 12.7. The van der Waals surface area contributed by atoms with E-state index in [1.807, 2.05) is 0 Å². The highest BCUT2D eigenvalue weighted by molar-refractivity contribution is 6.01. The number of fused-ring (bicyclic) bond motifs is 5. The Labute approximate surface area is 209 Å². The molecular formula is C27H34F2O7. The molecule has 0 bridgehead atoms. The zero-order valence-electron chi connectivity index (χ0n) is 21.1. The molecule has 7 nitrogen and oxygen atoms in total. The van der Waals surface area contributed by atoms with E-state index in [1.54, 1.807) is 20.8 Å². The summed E-state index contributed by atoms with van der Waals surface area (Å²) in [5, 5.41) is 11.4. The topological polar surface area (TPSA) is 107 Å². The molecule has 0 saturated heterocycles. The minimum absolute atomic E-state index is 0.0127. The highest BCUT2D eigenvalue weighted by Crippen LogP contribution is 2.70. The number of Topliss-reactive ketones (excluding diaryl/α,β-unsaturated/α-hetero) is 1. The Morgan fingerprint density at radius 1 is 1.14 bits per heavy atom. The number of halogens is 2. The van der Waals surface area contributed by atoms with Gasteiger partial charge in [-0.05, 0) is 56.3 Å². The van der Waals surface area contributed by atoms with E-state index in [0.29, 0.717) is 0 Å². The summed E-state index contributed by atoms with van der Waals surface area (Å²) in [6, 6.07) is 0. The molecule has 1 N–H and O–H groups in total. The van der Waals surface area contributed by atoms with Crippen LogP contribution in [0.25, 0.3) is 0 Å². The maximum atomic E-state index is 17.2. The average Bonchev–Trinajstić information content (AvgIpc) is 3.12. The molecule has 0 amide bonds. The summed E-state index contributed by atoms with van der Waals surface area (Å²) < 4.78 is 43.7. The number of aliphatic hydroxyl groups excluding tert-OH is 1. The minimum Gasteiger partial charge on any atom is -0.457 e. The van der Waals surface area contributed by atoms with Gasteiger partial charge in [0.15, 0.2) is 23.7 Å². The maximum absolute atomic E-state index is 17.2. The highest BCUT2D eigenvalue weighted by atomic mass is 19.1. The van der Waals surface area contributed by atoms with E-state index >= 15 is 8.78 Å². The van der Waals surface area contributed by atoms with Crippen molar-refractivity contribution in [2.24, 2.45) is 22.7 Å². The summed E-state index contributed by atoms with van der Waals surface area (Å²) >= 11 is 0. The van der Waals surface area contributed by atoms with Gasteiger partial charge >= 0.3 is 11.9 Å². The fraction of sp³-hybridized carbons (Fsp3) is 0.704. The van der Waals surface area contributed by atoms with Gasteiger partial charge in [0.05, 0.1) is 6.10 Å². The van der Waals surface area contributed by atoms with Gasteiger partial charge < -0.3 is 14.6 Å². The number of hydrogen-bond acceptors (Lipinski definition) is 7. The van der Waals surface area contributed by atoms with Crippen molar-refractivity contribution in [3.8, 4) is 0 Å². The Hall–Kier alpha value is -2.42. The molecule has 5 unspecified atom stereocenters. The standard InChI is InChI=1S/C27H34F2O7/c1-5-22(33)35-14-21(32)26(36-23(34)6-2)10-8-16-17-12-19(28)18-11-15(30)7-9-24(18,3)27(17,29)20(31)13-25(16,26)4/h7,9,11,16-17,19-20,31H,5-6,8,10,12-14H2,1-4H3/t16?,17?,19-,20?,24?,25?,26-,27-/m0/s1. The number of alkyl halides is 2. The predicted octanol–water partition coefficient (Wildman–Crippen LogP) is 3.52. The Bertz CT molecular complexity index is 1050. The molecule has 0 spiro atoms.